The van der Waals surface area contributed by atoms with Gasteiger partial charge in [-0.05, 0) is 31.5 Å². The van der Waals surface area contributed by atoms with E-state index in [1.165, 1.54) is 11.8 Å². The fraction of sp³-hybridized carbons (Fsp3) is 0.385. The van der Waals surface area contributed by atoms with Gasteiger partial charge in [-0.25, -0.2) is 0 Å². The summed E-state index contributed by atoms with van der Waals surface area (Å²) in [6.07, 6.45) is 0. The Morgan fingerprint density at radius 1 is 1.37 bits per heavy atom. The van der Waals surface area contributed by atoms with Gasteiger partial charge in [-0.3, -0.25) is 9.59 Å². The molecule has 0 aliphatic rings. The van der Waals surface area contributed by atoms with Gasteiger partial charge in [0.1, 0.15) is 0 Å². The summed E-state index contributed by atoms with van der Waals surface area (Å²) in [5.74, 6) is -0.0899. The predicted molar refractivity (Wildman–Crippen MR) is 78.2 cm³/mol. The van der Waals surface area contributed by atoms with Crippen LogP contribution < -0.4 is 11.1 Å². The lowest BCUT2D eigenvalue weighted by Gasteiger charge is -2.09. The van der Waals surface area contributed by atoms with Crippen molar-refractivity contribution in [2.75, 3.05) is 29.2 Å². The van der Waals surface area contributed by atoms with E-state index in [-0.39, 0.29) is 23.4 Å². The molecule has 0 aliphatic carbocycles. The fourth-order valence-electron chi connectivity index (χ4n) is 1.40. The second-order valence-corrected chi connectivity index (χ2v) is 4.85. The number of benzene rings is 1. The van der Waals surface area contributed by atoms with Gasteiger partial charge in [0.25, 0.3) is 0 Å². The molecular weight excluding hydrogens is 264 g/mol. The molecule has 0 unspecified atom stereocenters. The van der Waals surface area contributed by atoms with Crippen molar-refractivity contribution in [2.24, 2.45) is 0 Å². The summed E-state index contributed by atoms with van der Waals surface area (Å²) in [6, 6.07) is 5.35. The minimum atomic E-state index is -0.305. The number of nitrogens with two attached hydrogens (primary N) is 1. The average Bonchev–Trinajstić information content (AvgIpc) is 2.35. The van der Waals surface area contributed by atoms with E-state index in [0.717, 1.165) is 5.56 Å². The molecule has 0 spiro atoms. The molecule has 3 N–H and O–H groups in total. The van der Waals surface area contributed by atoms with Crippen LogP contribution in [0.4, 0.5) is 11.4 Å². The van der Waals surface area contributed by atoms with Gasteiger partial charge >= 0.3 is 5.97 Å². The van der Waals surface area contributed by atoms with Gasteiger partial charge in [-0.15, -0.1) is 11.8 Å². The van der Waals surface area contributed by atoms with Crippen molar-refractivity contribution in [2.45, 2.75) is 13.8 Å². The van der Waals surface area contributed by atoms with Crippen LogP contribution in [0.5, 0.6) is 0 Å². The second kappa shape index (κ2) is 7.68. The van der Waals surface area contributed by atoms with Crippen molar-refractivity contribution >= 4 is 35.0 Å². The summed E-state index contributed by atoms with van der Waals surface area (Å²) in [7, 11) is 0. The van der Waals surface area contributed by atoms with Crippen LogP contribution in [-0.4, -0.2) is 30.0 Å². The first-order valence-electron chi connectivity index (χ1n) is 5.93. The number of rotatable bonds is 6. The molecule has 0 atom stereocenters. The van der Waals surface area contributed by atoms with Crippen LogP contribution in [0, 0.1) is 6.92 Å². The van der Waals surface area contributed by atoms with E-state index < -0.39 is 0 Å². The molecule has 0 fully saturated rings. The number of anilines is 2. The maximum Gasteiger partial charge on any atom is 0.315 e. The number of hydrogen-bond donors (Lipinski definition) is 2. The lowest BCUT2D eigenvalue weighted by atomic mass is 10.1. The highest BCUT2D eigenvalue weighted by Gasteiger charge is 2.08. The van der Waals surface area contributed by atoms with E-state index in [1.807, 2.05) is 6.92 Å². The highest BCUT2D eigenvalue weighted by molar-refractivity contribution is 8.00. The molecule has 0 aliphatic heterocycles. The van der Waals surface area contributed by atoms with Crippen molar-refractivity contribution in [3.63, 3.8) is 0 Å². The smallest absolute Gasteiger partial charge is 0.315 e. The number of amides is 1. The number of nitrogens with one attached hydrogen (secondary N) is 1. The first kappa shape index (κ1) is 15.4. The molecule has 0 saturated heterocycles. The zero-order valence-corrected chi connectivity index (χ0v) is 11.9. The van der Waals surface area contributed by atoms with Crippen LogP contribution in [-0.2, 0) is 14.3 Å². The quantitative estimate of drug-likeness (QED) is 0.614. The fourth-order valence-corrected chi connectivity index (χ4v) is 2.01. The molecule has 0 aromatic heterocycles. The van der Waals surface area contributed by atoms with Crippen molar-refractivity contribution < 1.29 is 14.3 Å². The van der Waals surface area contributed by atoms with Crippen LogP contribution in [0.15, 0.2) is 18.2 Å². The predicted octanol–water partition coefficient (Wildman–Crippen LogP) is 1.81. The molecule has 1 aromatic rings. The molecule has 1 aromatic carbocycles. The SMILES string of the molecule is CCOC(=O)CSCC(=O)Nc1cccc(N)c1C. The third kappa shape index (κ3) is 5.21. The van der Waals surface area contributed by atoms with Crippen LogP contribution in [0.1, 0.15) is 12.5 Å². The molecule has 0 bridgehead atoms. The Morgan fingerprint density at radius 3 is 2.79 bits per heavy atom. The summed E-state index contributed by atoms with van der Waals surface area (Å²) in [5.41, 5.74) is 7.92. The topological polar surface area (TPSA) is 81.4 Å². The summed E-state index contributed by atoms with van der Waals surface area (Å²) in [5, 5.41) is 2.76. The number of carbonyl (C=O) groups is 2. The Labute approximate surface area is 116 Å². The number of esters is 1. The molecule has 1 amide bonds. The molecule has 6 heteroatoms. The van der Waals surface area contributed by atoms with Gasteiger partial charge in [0.05, 0.1) is 18.1 Å². The van der Waals surface area contributed by atoms with Gasteiger partial charge in [0, 0.05) is 11.4 Å². The zero-order valence-electron chi connectivity index (χ0n) is 11.1. The monoisotopic (exact) mass is 282 g/mol. The molecule has 5 nitrogen and oxygen atoms in total. The van der Waals surface area contributed by atoms with Gasteiger partial charge in [-0.1, -0.05) is 6.07 Å². The molecule has 104 valence electrons. The van der Waals surface area contributed by atoms with Crippen molar-refractivity contribution in [3.8, 4) is 0 Å². The number of ether oxygens (including phenoxy) is 1. The van der Waals surface area contributed by atoms with Crippen LogP contribution >= 0.6 is 11.8 Å². The molecule has 1 rings (SSSR count). The van der Waals surface area contributed by atoms with E-state index in [2.05, 4.69) is 5.32 Å². The normalized spacial score (nSPS) is 10.0. The Hall–Kier alpha value is -1.69. The minimum Gasteiger partial charge on any atom is -0.465 e. The minimum absolute atomic E-state index is 0.164. The Balaban J connectivity index is 2.39. The van der Waals surface area contributed by atoms with Crippen LogP contribution in [0.2, 0.25) is 0 Å². The number of hydrogen-bond acceptors (Lipinski definition) is 5. The largest absolute Gasteiger partial charge is 0.465 e. The molecular formula is C13H18N2O3S. The van der Waals surface area contributed by atoms with Crippen molar-refractivity contribution in [1.82, 2.24) is 0 Å². The number of carbonyl (C=O) groups excluding carboxylic acids is 2. The maximum atomic E-state index is 11.7. The first-order chi connectivity index (χ1) is 9.04. The standard InChI is InChI=1S/C13H18N2O3S/c1-3-18-13(17)8-19-7-12(16)15-11-6-4-5-10(14)9(11)2/h4-6H,3,7-8,14H2,1-2H3,(H,15,16). The summed E-state index contributed by atoms with van der Waals surface area (Å²) < 4.78 is 4.77. The molecule has 0 saturated carbocycles. The Bertz CT molecular complexity index is 463. The zero-order chi connectivity index (χ0) is 14.3. The number of nitrogen functional groups attached to an aromatic ring is 1. The van der Waals surface area contributed by atoms with Crippen LogP contribution in [0.25, 0.3) is 0 Å². The lowest BCUT2D eigenvalue weighted by molar-refractivity contribution is -0.139. The third-order valence-corrected chi connectivity index (χ3v) is 3.31. The van der Waals surface area contributed by atoms with Gasteiger partial charge in [0.15, 0.2) is 0 Å². The molecule has 0 heterocycles. The van der Waals surface area contributed by atoms with Gasteiger partial charge in [0.2, 0.25) is 5.91 Å². The summed E-state index contributed by atoms with van der Waals surface area (Å²) in [4.78, 5) is 22.8. The highest BCUT2D eigenvalue weighted by atomic mass is 32.2. The Morgan fingerprint density at radius 2 is 2.11 bits per heavy atom. The van der Waals surface area contributed by atoms with E-state index in [9.17, 15) is 9.59 Å². The van der Waals surface area contributed by atoms with E-state index >= 15 is 0 Å². The van der Waals surface area contributed by atoms with E-state index in [1.54, 1.807) is 25.1 Å². The number of thioether (sulfide) groups is 1. The van der Waals surface area contributed by atoms with Crippen molar-refractivity contribution in [3.05, 3.63) is 23.8 Å². The highest BCUT2D eigenvalue weighted by Crippen LogP contribution is 2.20. The Kier molecular flexibility index (Phi) is 6.21. The van der Waals surface area contributed by atoms with Gasteiger partial charge in [-0.2, -0.15) is 0 Å². The molecule has 19 heavy (non-hydrogen) atoms. The van der Waals surface area contributed by atoms with E-state index in [0.29, 0.717) is 18.0 Å². The molecule has 0 radical (unpaired) electrons. The van der Waals surface area contributed by atoms with Crippen molar-refractivity contribution in [1.29, 1.82) is 0 Å². The summed E-state index contributed by atoms with van der Waals surface area (Å²) >= 11 is 1.22. The third-order valence-electron chi connectivity index (χ3n) is 2.41. The lowest BCUT2D eigenvalue weighted by Crippen LogP contribution is -2.17. The average molecular weight is 282 g/mol. The van der Waals surface area contributed by atoms with Gasteiger partial charge < -0.3 is 15.8 Å². The summed E-state index contributed by atoms with van der Waals surface area (Å²) in [6.45, 7) is 3.95. The second-order valence-electron chi connectivity index (χ2n) is 3.87. The van der Waals surface area contributed by atoms with E-state index in [4.69, 9.17) is 10.5 Å². The van der Waals surface area contributed by atoms with Crippen LogP contribution in [0.3, 0.4) is 0 Å². The maximum absolute atomic E-state index is 11.7. The first-order valence-corrected chi connectivity index (χ1v) is 7.08.